The number of carbonyl (C=O) groups is 2. The van der Waals surface area contributed by atoms with Gasteiger partial charge in [0, 0.05) is 18.7 Å². The first-order valence-electron chi connectivity index (χ1n) is 7.27. The molecule has 1 aliphatic heterocycles. The Bertz CT molecular complexity index is 557. The molecule has 114 valence electrons. The summed E-state index contributed by atoms with van der Waals surface area (Å²) >= 11 is 0. The summed E-state index contributed by atoms with van der Waals surface area (Å²) < 4.78 is 0. The first-order chi connectivity index (χ1) is 10.0. The number of nitrogens with two attached hydrogens (primary N) is 1. The Morgan fingerprint density at radius 3 is 2.90 bits per heavy atom. The summed E-state index contributed by atoms with van der Waals surface area (Å²) in [5.74, 6) is -0.0443. The summed E-state index contributed by atoms with van der Waals surface area (Å²) in [5.41, 5.74) is 9.03. The van der Waals surface area contributed by atoms with Gasteiger partial charge in [0.05, 0.1) is 11.4 Å². The fourth-order valence-electron chi connectivity index (χ4n) is 2.27. The van der Waals surface area contributed by atoms with Crippen molar-refractivity contribution in [2.24, 2.45) is 0 Å². The van der Waals surface area contributed by atoms with Gasteiger partial charge < -0.3 is 21.7 Å². The van der Waals surface area contributed by atoms with Gasteiger partial charge in [-0.05, 0) is 37.5 Å². The smallest absolute Gasteiger partial charge is 0.242 e. The Hall–Kier alpha value is -2.24. The van der Waals surface area contributed by atoms with Crippen molar-refractivity contribution in [3.05, 3.63) is 17.7 Å². The molecule has 2 amide bonds. The lowest BCUT2D eigenvalue weighted by Crippen LogP contribution is -2.38. The molecule has 5 N–H and O–H groups in total. The SMILES string of the molecule is CCCNC(=O)C(C)Nc1cc2c(cc1N)NC(=O)CC2. The Morgan fingerprint density at radius 1 is 1.43 bits per heavy atom. The summed E-state index contributed by atoms with van der Waals surface area (Å²) in [7, 11) is 0. The highest BCUT2D eigenvalue weighted by atomic mass is 16.2. The molecule has 0 saturated carbocycles. The van der Waals surface area contributed by atoms with Gasteiger partial charge in [0.15, 0.2) is 0 Å². The van der Waals surface area contributed by atoms with Crippen molar-refractivity contribution < 1.29 is 9.59 Å². The van der Waals surface area contributed by atoms with Crippen molar-refractivity contribution >= 4 is 28.9 Å². The Balaban J connectivity index is 2.10. The molecule has 0 spiro atoms. The highest BCUT2D eigenvalue weighted by Gasteiger charge is 2.18. The molecule has 0 radical (unpaired) electrons. The number of hydrogen-bond donors (Lipinski definition) is 4. The van der Waals surface area contributed by atoms with Crippen LogP contribution in [0, 0.1) is 0 Å². The van der Waals surface area contributed by atoms with E-state index in [0.29, 0.717) is 25.1 Å². The van der Waals surface area contributed by atoms with Crippen LogP contribution in [0.5, 0.6) is 0 Å². The Morgan fingerprint density at radius 2 is 2.19 bits per heavy atom. The van der Waals surface area contributed by atoms with E-state index in [4.69, 9.17) is 5.73 Å². The monoisotopic (exact) mass is 290 g/mol. The highest BCUT2D eigenvalue weighted by molar-refractivity contribution is 5.96. The molecule has 0 aliphatic carbocycles. The largest absolute Gasteiger partial charge is 0.397 e. The van der Waals surface area contributed by atoms with Crippen LogP contribution in [-0.2, 0) is 16.0 Å². The zero-order valence-corrected chi connectivity index (χ0v) is 12.5. The zero-order chi connectivity index (χ0) is 15.4. The lowest BCUT2D eigenvalue weighted by molar-refractivity contribution is -0.121. The van der Waals surface area contributed by atoms with Crippen molar-refractivity contribution in [1.29, 1.82) is 0 Å². The second-order valence-electron chi connectivity index (χ2n) is 5.30. The number of rotatable bonds is 5. The normalized spacial score (nSPS) is 14.9. The highest BCUT2D eigenvalue weighted by Crippen LogP contribution is 2.31. The van der Waals surface area contributed by atoms with E-state index in [1.54, 1.807) is 13.0 Å². The zero-order valence-electron chi connectivity index (χ0n) is 12.5. The fourth-order valence-corrected chi connectivity index (χ4v) is 2.27. The number of nitrogen functional groups attached to an aromatic ring is 1. The van der Waals surface area contributed by atoms with Crippen LogP contribution in [0.25, 0.3) is 0 Å². The lowest BCUT2D eigenvalue weighted by Gasteiger charge is -2.21. The number of hydrogen-bond acceptors (Lipinski definition) is 4. The summed E-state index contributed by atoms with van der Waals surface area (Å²) in [6.07, 6.45) is 2.06. The summed E-state index contributed by atoms with van der Waals surface area (Å²) in [6.45, 7) is 4.47. The maximum Gasteiger partial charge on any atom is 0.242 e. The molecule has 0 fully saturated rings. The molecule has 1 atom stereocenters. The van der Waals surface area contributed by atoms with Gasteiger partial charge in [-0.3, -0.25) is 9.59 Å². The van der Waals surface area contributed by atoms with Crippen LogP contribution in [0.4, 0.5) is 17.1 Å². The molecule has 2 rings (SSSR count). The number of amides is 2. The number of anilines is 3. The molecule has 0 bridgehead atoms. The second kappa shape index (κ2) is 6.47. The van der Waals surface area contributed by atoms with E-state index in [2.05, 4.69) is 16.0 Å². The maximum absolute atomic E-state index is 11.9. The number of fused-ring (bicyclic) bond motifs is 1. The third kappa shape index (κ3) is 3.65. The number of benzene rings is 1. The molecule has 1 aliphatic rings. The lowest BCUT2D eigenvalue weighted by atomic mass is 10.0. The van der Waals surface area contributed by atoms with Crippen LogP contribution >= 0.6 is 0 Å². The predicted octanol–water partition coefficient (Wildman–Crippen LogP) is 1.48. The van der Waals surface area contributed by atoms with Crippen LogP contribution in [0.3, 0.4) is 0 Å². The molecule has 1 aromatic rings. The van der Waals surface area contributed by atoms with E-state index < -0.39 is 0 Å². The quantitative estimate of drug-likeness (QED) is 0.618. The minimum Gasteiger partial charge on any atom is -0.397 e. The van der Waals surface area contributed by atoms with Crippen LogP contribution in [0.1, 0.15) is 32.3 Å². The van der Waals surface area contributed by atoms with Crippen molar-refractivity contribution in [3.63, 3.8) is 0 Å². The van der Waals surface area contributed by atoms with Gasteiger partial charge in [-0.1, -0.05) is 6.92 Å². The third-order valence-corrected chi connectivity index (χ3v) is 3.49. The van der Waals surface area contributed by atoms with E-state index in [-0.39, 0.29) is 17.9 Å². The Kier molecular flexibility index (Phi) is 4.67. The minimum atomic E-state index is -0.366. The van der Waals surface area contributed by atoms with Gasteiger partial charge in [0.1, 0.15) is 6.04 Å². The van der Waals surface area contributed by atoms with Crippen molar-refractivity contribution in [3.8, 4) is 0 Å². The molecule has 0 aromatic heterocycles. The van der Waals surface area contributed by atoms with Crippen molar-refractivity contribution in [2.45, 2.75) is 39.2 Å². The van der Waals surface area contributed by atoms with E-state index in [9.17, 15) is 9.59 Å². The first kappa shape index (κ1) is 15.2. The topological polar surface area (TPSA) is 96.2 Å². The van der Waals surface area contributed by atoms with Crippen LogP contribution in [0.2, 0.25) is 0 Å². The van der Waals surface area contributed by atoms with E-state index >= 15 is 0 Å². The Labute approximate surface area is 124 Å². The number of aryl methyl sites for hydroxylation is 1. The molecule has 6 nitrogen and oxygen atoms in total. The van der Waals surface area contributed by atoms with Gasteiger partial charge in [-0.2, -0.15) is 0 Å². The molecular formula is C15H22N4O2. The van der Waals surface area contributed by atoms with Gasteiger partial charge in [0.2, 0.25) is 11.8 Å². The van der Waals surface area contributed by atoms with E-state index in [0.717, 1.165) is 23.4 Å². The molecular weight excluding hydrogens is 268 g/mol. The van der Waals surface area contributed by atoms with Crippen LogP contribution in [0.15, 0.2) is 12.1 Å². The standard InChI is InChI=1S/C15H22N4O2/c1-3-6-17-15(21)9(2)18-13-7-10-4-5-14(20)19-12(10)8-11(13)16/h7-9,18H,3-6,16H2,1-2H3,(H,17,21)(H,19,20). The minimum absolute atomic E-state index is 0.00919. The van der Waals surface area contributed by atoms with Crippen molar-refractivity contribution in [2.75, 3.05) is 22.9 Å². The number of nitrogens with one attached hydrogen (secondary N) is 3. The van der Waals surface area contributed by atoms with Gasteiger partial charge in [0.25, 0.3) is 0 Å². The molecule has 21 heavy (non-hydrogen) atoms. The average molecular weight is 290 g/mol. The summed E-state index contributed by atoms with van der Waals surface area (Å²) in [6, 6.07) is 3.29. The van der Waals surface area contributed by atoms with Gasteiger partial charge in [-0.15, -0.1) is 0 Å². The fraction of sp³-hybridized carbons (Fsp3) is 0.467. The first-order valence-corrected chi connectivity index (χ1v) is 7.27. The molecule has 6 heteroatoms. The average Bonchev–Trinajstić information content (AvgIpc) is 2.45. The third-order valence-electron chi connectivity index (χ3n) is 3.49. The summed E-state index contributed by atoms with van der Waals surface area (Å²) in [4.78, 5) is 23.2. The van der Waals surface area contributed by atoms with Gasteiger partial charge >= 0.3 is 0 Å². The molecule has 0 saturated heterocycles. The van der Waals surface area contributed by atoms with Gasteiger partial charge in [-0.25, -0.2) is 0 Å². The summed E-state index contributed by atoms with van der Waals surface area (Å²) in [5, 5.41) is 8.78. The predicted molar refractivity (Wildman–Crippen MR) is 84.2 cm³/mol. The number of carbonyl (C=O) groups excluding carboxylic acids is 2. The van der Waals surface area contributed by atoms with Crippen LogP contribution in [-0.4, -0.2) is 24.4 Å². The maximum atomic E-state index is 11.9. The molecule has 1 unspecified atom stereocenters. The molecule has 1 heterocycles. The van der Waals surface area contributed by atoms with E-state index in [1.807, 2.05) is 13.0 Å². The molecule has 1 aromatic carbocycles. The second-order valence-corrected chi connectivity index (χ2v) is 5.30. The van der Waals surface area contributed by atoms with E-state index in [1.165, 1.54) is 0 Å². The van der Waals surface area contributed by atoms with Crippen LogP contribution < -0.4 is 21.7 Å². The van der Waals surface area contributed by atoms with Crippen molar-refractivity contribution in [1.82, 2.24) is 5.32 Å².